The number of nitrogens with zero attached hydrogens (tertiary/aromatic N) is 1. The molecule has 1 amide bonds. The van der Waals surface area contributed by atoms with Gasteiger partial charge in [0.1, 0.15) is 10.8 Å². The average Bonchev–Trinajstić information content (AvgIpc) is 3.25. The summed E-state index contributed by atoms with van der Waals surface area (Å²) in [4.78, 5) is 39.3. The third-order valence-electron chi connectivity index (χ3n) is 5.32. The van der Waals surface area contributed by atoms with Crippen LogP contribution in [-0.2, 0) is 17.6 Å². The summed E-state index contributed by atoms with van der Waals surface area (Å²) >= 11 is 1.37. The fraction of sp³-hybridized carbons (Fsp3) is 0.364. The minimum atomic E-state index is -0.825. The van der Waals surface area contributed by atoms with Gasteiger partial charge in [0.05, 0.1) is 19.3 Å². The van der Waals surface area contributed by atoms with E-state index < -0.39 is 17.5 Å². The summed E-state index contributed by atoms with van der Waals surface area (Å²) in [6.07, 6.45) is 4.70. The van der Waals surface area contributed by atoms with E-state index in [1.165, 1.54) is 16.0 Å². The van der Waals surface area contributed by atoms with E-state index in [4.69, 9.17) is 14.0 Å². The molecule has 0 radical (unpaired) electrons. The zero-order valence-electron chi connectivity index (χ0n) is 17.9. The number of nitrogens with one attached hydrogen (secondary N) is 2. The second-order valence-corrected chi connectivity index (χ2v) is 8.41. The number of aromatic nitrogens is 2. The molecular weight excluding hydrogens is 434 g/mol. The first-order chi connectivity index (χ1) is 15.5. The molecule has 0 saturated heterocycles. The molecule has 0 spiro atoms. The van der Waals surface area contributed by atoms with Gasteiger partial charge >= 0.3 is 23.2 Å². The Labute approximate surface area is 187 Å². The molecule has 1 aromatic carbocycles. The number of carbonyl (C=O) groups is 2. The minimum absolute atomic E-state index is 0.232. The van der Waals surface area contributed by atoms with Crippen molar-refractivity contribution in [2.75, 3.05) is 19.0 Å². The van der Waals surface area contributed by atoms with E-state index in [0.717, 1.165) is 42.5 Å². The number of amides is 1. The second kappa shape index (κ2) is 9.39. The topological polar surface area (TPSA) is 115 Å². The van der Waals surface area contributed by atoms with Crippen LogP contribution < -0.4 is 20.4 Å². The van der Waals surface area contributed by atoms with Crippen LogP contribution >= 0.6 is 11.3 Å². The molecule has 0 fully saturated rings. The van der Waals surface area contributed by atoms with E-state index in [-0.39, 0.29) is 12.3 Å². The van der Waals surface area contributed by atoms with Gasteiger partial charge in [-0.1, -0.05) is 6.42 Å². The number of rotatable bonds is 6. The molecule has 9 nitrogen and oxygen atoms in total. The van der Waals surface area contributed by atoms with E-state index in [9.17, 15) is 14.4 Å². The van der Waals surface area contributed by atoms with Crippen molar-refractivity contribution in [1.29, 1.82) is 0 Å². The van der Waals surface area contributed by atoms with E-state index in [1.54, 1.807) is 38.3 Å². The first-order valence-corrected chi connectivity index (χ1v) is 11.3. The molecule has 168 valence electrons. The largest absolute Gasteiger partial charge is 0.497 e. The van der Waals surface area contributed by atoms with Gasteiger partial charge in [-0.15, -0.1) is 11.3 Å². The molecule has 0 unspecified atom stereocenters. The average molecular weight is 459 g/mol. The lowest BCUT2D eigenvalue weighted by Crippen LogP contribution is -2.42. The van der Waals surface area contributed by atoms with E-state index in [2.05, 4.69) is 10.6 Å². The molecular formula is C22H24N3O6S+. The number of hydrogen-bond donors (Lipinski definition) is 2. The van der Waals surface area contributed by atoms with Crippen molar-refractivity contribution in [3.8, 4) is 11.4 Å². The maximum absolute atomic E-state index is 13.1. The lowest BCUT2D eigenvalue weighted by Gasteiger charge is -2.07. The summed E-state index contributed by atoms with van der Waals surface area (Å²) in [5.41, 5.74) is 0.764. The van der Waals surface area contributed by atoms with Crippen LogP contribution in [0.1, 0.15) is 57.5 Å². The Kier molecular flexibility index (Phi) is 6.40. The third kappa shape index (κ3) is 4.18. The van der Waals surface area contributed by atoms with Gasteiger partial charge in [-0.2, -0.15) is 0 Å². The fourth-order valence-electron chi connectivity index (χ4n) is 3.79. The van der Waals surface area contributed by atoms with Crippen molar-refractivity contribution in [1.82, 2.24) is 5.27 Å². The summed E-state index contributed by atoms with van der Waals surface area (Å²) in [5.74, 6) is -0.519. The van der Waals surface area contributed by atoms with Crippen LogP contribution in [0.5, 0.6) is 5.75 Å². The van der Waals surface area contributed by atoms with Crippen molar-refractivity contribution in [2.24, 2.45) is 0 Å². The number of aromatic amines is 1. The minimum Gasteiger partial charge on any atom is -0.497 e. The Hall–Kier alpha value is -3.40. The van der Waals surface area contributed by atoms with Gasteiger partial charge in [0.15, 0.2) is 0 Å². The summed E-state index contributed by atoms with van der Waals surface area (Å²) < 4.78 is 16.5. The highest BCUT2D eigenvalue weighted by molar-refractivity contribution is 7.17. The SMILES string of the molecule is CCOC(=O)c1c(NC(=O)c2c(=O)o[nH][n+]2-c2ccc(OC)cc2)sc2c1CCCCC2. The first kappa shape index (κ1) is 21.8. The zero-order chi connectivity index (χ0) is 22.7. The monoisotopic (exact) mass is 458 g/mol. The number of anilines is 1. The molecule has 1 aliphatic rings. The second-order valence-electron chi connectivity index (χ2n) is 7.31. The predicted molar refractivity (Wildman–Crippen MR) is 117 cm³/mol. The molecule has 1 aliphatic carbocycles. The molecule has 3 aromatic rings. The maximum atomic E-state index is 13.1. The number of H-pyrrole nitrogens is 1. The number of fused-ring (bicyclic) bond motifs is 1. The third-order valence-corrected chi connectivity index (χ3v) is 6.53. The number of carbonyl (C=O) groups excluding carboxylic acids is 2. The molecule has 0 aliphatic heterocycles. The van der Waals surface area contributed by atoms with Crippen LogP contribution in [0.4, 0.5) is 5.00 Å². The highest BCUT2D eigenvalue weighted by atomic mass is 32.1. The number of ether oxygens (including phenoxy) is 2. The summed E-state index contributed by atoms with van der Waals surface area (Å²) in [7, 11) is 1.55. The molecule has 2 heterocycles. The number of hydrogen-bond acceptors (Lipinski definition) is 7. The van der Waals surface area contributed by atoms with Gasteiger partial charge in [-0.3, -0.25) is 9.32 Å². The van der Waals surface area contributed by atoms with Crippen molar-refractivity contribution in [3.63, 3.8) is 0 Å². The van der Waals surface area contributed by atoms with Crippen LogP contribution in [0, 0.1) is 0 Å². The number of benzene rings is 1. The van der Waals surface area contributed by atoms with Gasteiger partial charge < -0.3 is 14.8 Å². The summed E-state index contributed by atoms with van der Waals surface area (Å²) in [6, 6.07) is 6.76. The van der Waals surface area contributed by atoms with Crippen LogP contribution in [0.25, 0.3) is 5.69 Å². The molecule has 2 aromatic heterocycles. The standard InChI is InChI=1S/C22H23N3O6S/c1-3-30-21(27)17-15-7-5-4-6-8-16(15)32-20(17)23-19(26)18-22(28)31-24-25(18)13-9-11-14(29-2)12-10-13/h9-12H,3-8H2,1-2H3,(H-,23,24,26,27,28)/p+1. The number of esters is 1. The Morgan fingerprint density at radius 1 is 1.19 bits per heavy atom. The van der Waals surface area contributed by atoms with Crippen molar-refractivity contribution in [3.05, 3.63) is 56.4 Å². The molecule has 0 bridgehead atoms. The summed E-state index contributed by atoms with van der Waals surface area (Å²) in [5, 5.41) is 5.60. The number of methoxy groups -OCH3 is 1. The fourth-order valence-corrected chi connectivity index (χ4v) is 5.06. The van der Waals surface area contributed by atoms with Gasteiger partial charge in [0, 0.05) is 17.0 Å². The Morgan fingerprint density at radius 2 is 1.94 bits per heavy atom. The van der Waals surface area contributed by atoms with Gasteiger partial charge in [-0.05, 0) is 60.3 Å². The highest BCUT2D eigenvalue weighted by Crippen LogP contribution is 2.38. The lowest BCUT2D eigenvalue weighted by atomic mass is 10.1. The number of aryl methyl sites for hydroxylation is 1. The molecule has 10 heteroatoms. The highest BCUT2D eigenvalue weighted by Gasteiger charge is 2.34. The van der Waals surface area contributed by atoms with Crippen LogP contribution in [-0.4, -0.2) is 30.9 Å². The molecule has 4 rings (SSSR count). The van der Waals surface area contributed by atoms with E-state index in [1.807, 2.05) is 0 Å². The Bertz CT molecular complexity index is 1190. The Balaban J connectivity index is 1.70. The van der Waals surface area contributed by atoms with Crippen molar-refractivity contribution in [2.45, 2.75) is 39.0 Å². The number of thiophene rings is 1. The normalized spacial score (nSPS) is 13.2. The van der Waals surface area contributed by atoms with Crippen LogP contribution in [0.15, 0.2) is 33.6 Å². The predicted octanol–water partition coefficient (Wildman–Crippen LogP) is 3.01. The van der Waals surface area contributed by atoms with Gasteiger partial charge in [-0.25, -0.2) is 9.59 Å². The molecule has 2 N–H and O–H groups in total. The van der Waals surface area contributed by atoms with Crippen molar-refractivity contribution >= 4 is 28.2 Å². The van der Waals surface area contributed by atoms with Gasteiger partial charge in [0.25, 0.3) is 0 Å². The summed E-state index contributed by atoms with van der Waals surface area (Å²) in [6.45, 7) is 1.97. The molecule has 0 atom stereocenters. The Morgan fingerprint density at radius 3 is 2.66 bits per heavy atom. The molecule has 32 heavy (non-hydrogen) atoms. The van der Waals surface area contributed by atoms with E-state index in [0.29, 0.717) is 22.0 Å². The van der Waals surface area contributed by atoms with Crippen LogP contribution in [0.3, 0.4) is 0 Å². The zero-order valence-corrected chi connectivity index (χ0v) is 18.7. The van der Waals surface area contributed by atoms with E-state index >= 15 is 0 Å². The molecule has 0 saturated carbocycles. The smallest absolute Gasteiger partial charge is 0.441 e. The first-order valence-electron chi connectivity index (χ1n) is 10.4. The quantitative estimate of drug-likeness (QED) is 0.333. The van der Waals surface area contributed by atoms with Gasteiger partial charge in [0.2, 0.25) is 5.69 Å². The van der Waals surface area contributed by atoms with Crippen LogP contribution in [0.2, 0.25) is 0 Å². The van der Waals surface area contributed by atoms with Crippen molar-refractivity contribution < 1.29 is 28.3 Å². The maximum Gasteiger partial charge on any atom is 0.441 e. The lowest BCUT2D eigenvalue weighted by molar-refractivity contribution is -0.672.